The van der Waals surface area contributed by atoms with Crippen LogP contribution in [0.5, 0.6) is 5.75 Å². The van der Waals surface area contributed by atoms with Gasteiger partial charge in [0.2, 0.25) is 0 Å². The van der Waals surface area contributed by atoms with Gasteiger partial charge >= 0.3 is 0 Å². The standard InChI is InChI=1S/C17H19N3O3/c1-22-11-4-2-3-10(7-11)13-8-15(20-19-13)17(21)18-14-9-16-12(14)5-6-23-16/h2-4,7-8,12,14,16H,5-6,9H2,1H3,(H,18,21)(H,19,20)/t12-,14+,16+/m1/s1. The lowest BCUT2D eigenvalue weighted by atomic mass is 9.76. The zero-order valence-corrected chi connectivity index (χ0v) is 12.9. The van der Waals surface area contributed by atoms with E-state index < -0.39 is 0 Å². The predicted molar refractivity (Wildman–Crippen MR) is 84.3 cm³/mol. The Bertz CT molecular complexity index is 727. The molecule has 1 aromatic carbocycles. The van der Waals surface area contributed by atoms with Crippen LogP contribution < -0.4 is 10.1 Å². The molecule has 1 saturated carbocycles. The minimum absolute atomic E-state index is 0.109. The van der Waals surface area contributed by atoms with E-state index in [0.717, 1.165) is 36.5 Å². The molecule has 3 atom stereocenters. The fraction of sp³-hybridized carbons (Fsp3) is 0.412. The van der Waals surface area contributed by atoms with Crippen molar-refractivity contribution in [2.45, 2.75) is 25.0 Å². The van der Waals surface area contributed by atoms with Crippen molar-refractivity contribution < 1.29 is 14.3 Å². The first-order valence-corrected chi connectivity index (χ1v) is 7.87. The van der Waals surface area contributed by atoms with Gasteiger partial charge in [0.15, 0.2) is 0 Å². The Labute approximate surface area is 134 Å². The molecule has 1 amide bonds. The Morgan fingerprint density at radius 3 is 3.17 bits per heavy atom. The van der Waals surface area contributed by atoms with Crippen molar-refractivity contribution >= 4 is 5.91 Å². The van der Waals surface area contributed by atoms with Crippen LogP contribution in [0, 0.1) is 5.92 Å². The van der Waals surface area contributed by atoms with E-state index in [2.05, 4.69) is 15.5 Å². The summed E-state index contributed by atoms with van der Waals surface area (Å²) in [4.78, 5) is 12.4. The van der Waals surface area contributed by atoms with E-state index in [9.17, 15) is 4.79 Å². The maximum atomic E-state index is 12.4. The molecule has 6 heteroatoms. The Morgan fingerprint density at radius 1 is 1.43 bits per heavy atom. The molecule has 0 spiro atoms. The van der Waals surface area contributed by atoms with Crippen LogP contribution in [-0.2, 0) is 4.74 Å². The summed E-state index contributed by atoms with van der Waals surface area (Å²) >= 11 is 0. The quantitative estimate of drug-likeness (QED) is 0.905. The van der Waals surface area contributed by atoms with Crippen LogP contribution >= 0.6 is 0 Å². The van der Waals surface area contributed by atoms with Gasteiger partial charge in [-0.2, -0.15) is 5.10 Å². The number of hydrogen-bond acceptors (Lipinski definition) is 4. The van der Waals surface area contributed by atoms with Crippen molar-refractivity contribution in [3.8, 4) is 17.0 Å². The number of carbonyl (C=O) groups excluding carboxylic acids is 1. The Morgan fingerprint density at radius 2 is 2.35 bits per heavy atom. The van der Waals surface area contributed by atoms with Gasteiger partial charge in [0.1, 0.15) is 11.4 Å². The number of nitrogens with zero attached hydrogens (tertiary/aromatic N) is 1. The summed E-state index contributed by atoms with van der Waals surface area (Å²) in [6, 6.07) is 9.60. The van der Waals surface area contributed by atoms with Crippen molar-refractivity contribution in [2.24, 2.45) is 5.92 Å². The van der Waals surface area contributed by atoms with E-state index in [-0.39, 0.29) is 11.9 Å². The third-order valence-corrected chi connectivity index (χ3v) is 4.77. The molecule has 1 aliphatic heterocycles. The number of fused-ring (bicyclic) bond motifs is 1. The van der Waals surface area contributed by atoms with Crippen molar-refractivity contribution in [3.05, 3.63) is 36.0 Å². The van der Waals surface area contributed by atoms with Crippen LogP contribution in [0.2, 0.25) is 0 Å². The second kappa shape index (κ2) is 5.70. The summed E-state index contributed by atoms with van der Waals surface area (Å²) in [5.41, 5.74) is 2.11. The van der Waals surface area contributed by atoms with E-state index in [4.69, 9.17) is 9.47 Å². The van der Waals surface area contributed by atoms with E-state index in [1.54, 1.807) is 13.2 Å². The number of aromatic nitrogens is 2. The summed E-state index contributed by atoms with van der Waals surface area (Å²) < 4.78 is 10.8. The fourth-order valence-corrected chi connectivity index (χ4v) is 3.38. The van der Waals surface area contributed by atoms with Gasteiger partial charge in [0.05, 0.1) is 18.9 Å². The lowest BCUT2D eigenvalue weighted by molar-refractivity contribution is 0.00802. The molecule has 1 saturated heterocycles. The van der Waals surface area contributed by atoms with Crippen LogP contribution in [0.15, 0.2) is 30.3 Å². The highest BCUT2D eigenvalue weighted by Gasteiger charge is 2.45. The molecule has 4 rings (SSSR count). The molecule has 0 unspecified atom stereocenters. The number of benzene rings is 1. The molecule has 2 aliphatic rings. The van der Waals surface area contributed by atoms with Gasteiger partial charge < -0.3 is 14.8 Å². The number of carbonyl (C=O) groups is 1. The van der Waals surface area contributed by atoms with E-state index in [1.807, 2.05) is 24.3 Å². The minimum atomic E-state index is -0.109. The highest BCUT2D eigenvalue weighted by atomic mass is 16.5. The molecular weight excluding hydrogens is 294 g/mol. The van der Waals surface area contributed by atoms with Gasteiger partial charge in [0.25, 0.3) is 5.91 Å². The maximum absolute atomic E-state index is 12.4. The third kappa shape index (κ3) is 2.59. The number of aromatic amines is 1. The van der Waals surface area contributed by atoms with Crippen molar-refractivity contribution in [1.82, 2.24) is 15.5 Å². The fourth-order valence-electron chi connectivity index (χ4n) is 3.38. The second-order valence-electron chi connectivity index (χ2n) is 6.08. The Balaban J connectivity index is 1.45. The first-order valence-electron chi connectivity index (χ1n) is 7.87. The highest BCUT2D eigenvalue weighted by Crippen LogP contribution is 2.38. The normalized spacial score (nSPS) is 25.5. The summed E-state index contributed by atoms with van der Waals surface area (Å²) in [5, 5.41) is 10.1. The molecule has 120 valence electrons. The zero-order valence-electron chi connectivity index (χ0n) is 12.9. The monoisotopic (exact) mass is 313 g/mol. The van der Waals surface area contributed by atoms with Crippen molar-refractivity contribution in [1.29, 1.82) is 0 Å². The van der Waals surface area contributed by atoms with Crippen LogP contribution in [0.25, 0.3) is 11.3 Å². The van der Waals surface area contributed by atoms with Gasteiger partial charge in [-0.05, 0) is 31.0 Å². The molecule has 2 N–H and O–H groups in total. The zero-order chi connectivity index (χ0) is 15.8. The Hall–Kier alpha value is -2.34. The first-order chi connectivity index (χ1) is 11.2. The molecule has 1 aromatic heterocycles. The summed E-state index contributed by atoms with van der Waals surface area (Å²) in [5.74, 6) is 1.12. The number of amides is 1. The number of H-pyrrole nitrogens is 1. The number of rotatable bonds is 4. The molecule has 2 aromatic rings. The number of methoxy groups -OCH3 is 1. The van der Waals surface area contributed by atoms with Gasteiger partial charge in [-0.25, -0.2) is 0 Å². The van der Waals surface area contributed by atoms with Gasteiger partial charge in [-0.15, -0.1) is 0 Å². The molecular formula is C17H19N3O3. The number of ether oxygens (including phenoxy) is 2. The smallest absolute Gasteiger partial charge is 0.269 e. The molecule has 2 heterocycles. The first kappa shape index (κ1) is 14.3. The van der Waals surface area contributed by atoms with Crippen LogP contribution in [0.3, 0.4) is 0 Å². The second-order valence-corrected chi connectivity index (χ2v) is 6.08. The molecule has 1 aliphatic carbocycles. The average Bonchev–Trinajstić information content (AvgIpc) is 3.19. The molecule has 0 bridgehead atoms. The SMILES string of the molecule is COc1cccc(-c2cc(C(=O)N[C@H]3C[C@@H]4OCC[C@H]34)[nH]n2)c1. The van der Waals surface area contributed by atoms with Crippen molar-refractivity contribution in [3.63, 3.8) is 0 Å². The average molecular weight is 313 g/mol. The topological polar surface area (TPSA) is 76.2 Å². The van der Waals surface area contributed by atoms with Crippen LogP contribution in [0.1, 0.15) is 23.3 Å². The molecule has 0 radical (unpaired) electrons. The van der Waals surface area contributed by atoms with Crippen LogP contribution in [-0.4, -0.2) is 42.0 Å². The molecule has 23 heavy (non-hydrogen) atoms. The largest absolute Gasteiger partial charge is 0.497 e. The Kier molecular flexibility index (Phi) is 3.53. The minimum Gasteiger partial charge on any atom is -0.497 e. The number of nitrogens with one attached hydrogen (secondary N) is 2. The van der Waals surface area contributed by atoms with Gasteiger partial charge in [-0.3, -0.25) is 9.89 Å². The van der Waals surface area contributed by atoms with Gasteiger partial charge in [-0.1, -0.05) is 12.1 Å². The lowest BCUT2D eigenvalue weighted by Crippen LogP contribution is -2.53. The third-order valence-electron chi connectivity index (χ3n) is 4.77. The summed E-state index contributed by atoms with van der Waals surface area (Å²) in [7, 11) is 1.63. The van der Waals surface area contributed by atoms with E-state index in [1.165, 1.54) is 0 Å². The summed E-state index contributed by atoms with van der Waals surface area (Å²) in [6.07, 6.45) is 2.29. The molecule has 6 nitrogen and oxygen atoms in total. The van der Waals surface area contributed by atoms with Crippen LogP contribution in [0.4, 0.5) is 0 Å². The van der Waals surface area contributed by atoms with E-state index in [0.29, 0.717) is 17.7 Å². The lowest BCUT2D eigenvalue weighted by Gasteiger charge is -2.39. The van der Waals surface area contributed by atoms with Gasteiger partial charge in [0, 0.05) is 24.1 Å². The predicted octanol–water partition coefficient (Wildman–Crippen LogP) is 1.99. The number of hydrogen-bond donors (Lipinski definition) is 2. The maximum Gasteiger partial charge on any atom is 0.269 e. The summed E-state index contributed by atoms with van der Waals surface area (Å²) in [6.45, 7) is 0.811. The highest BCUT2D eigenvalue weighted by molar-refractivity contribution is 5.93. The molecule has 2 fully saturated rings. The van der Waals surface area contributed by atoms with Crippen molar-refractivity contribution in [2.75, 3.05) is 13.7 Å². The van der Waals surface area contributed by atoms with E-state index >= 15 is 0 Å².